The van der Waals surface area contributed by atoms with E-state index >= 15 is 0 Å². The maximum Gasteiger partial charge on any atom is 0.230 e. The van der Waals surface area contributed by atoms with Gasteiger partial charge in [-0.2, -0.15) is 0 Å². The minimum atomic E-state index is -0.0358. The number of hydrogen-bond acceptors (Lipinski definition) is 2. The van der Waals surface area contributed by atoms with Crippen LogP contribution in [0.5, 0.6) is 0 Å². The van der Waals surface area contributed by atoms with Crippen LogP contribution in [0.4, 0.5) is 5.69 Å². The van der Waals surface area contributed by atoms with Crippen LogP contribution < -0.4 is 10.2 Å². The van der Waals surface area contributed by atoms with Gasteiger partial charge in [-0.05, 0) is 30.8 Å². The van der Waals surface area contributed by atoms with Crippen molar-refractivity contribution in [3.8, 4) is 0 Å². The Morgan fingerprint density at radius 2 is 2.12 bits per heavy atom. The van der Waals surface area contributed by atoms with Crippen LogP contribution in [0.2, 0.25) is 0 Å². The molecule has 0 saturated carbocycles. The normalized spacial score (nSPS) is 20.9. The van der Waals surface area contributed by atoms with Gasteiger partial charge >= 0.3 is 0 Å². The Kier molecular flexibility index (Phi) is 2.92. The Morgan fingerprint density at radius 3 is 2.81 bits per heavy atom. The van der Waals surface area contributed by atoms with Crippen molar-refractivity contribution in [1.29, 1.82) is 0 Å². The van der Waals surface area contributed by atoms with Crippen molar-refractivity contribution in [3.05, 3.63) is 29.8 Å². The molecule has 1 saturated heterocycles. The van der Waals surface area contributed by atoms with Gasteiger partial charge in [-0.1, -0.05) is 25.1 Å². The lowest BCUT2D eigenvalue weighted by Gasteiger charge is -2.33. The molecule has 0 aliphatic carbocycles. The molecule has 1 aliphatic rings. The summed E-state index contributed by atoms with van der Waals surface area (Å²) >= 11 is 5.19. The number of carbonyl (C=O) groups is 1. The first-order valence-electron chi connectivity index (χ1n) is 5.27. The number of hydrogen-bond donors (Lipinski definition) is 1. The van der Waals surface area contributed by atoms with Crippen LogP contribution in [-0.4, -0.2) is 17.6 Å². The lowest BCUT2D eigenvalue weighted by atomic mass is 10.1. The van der Waals surface area contributed by atoms with E-state index in [2.05, 4.69) is 5.32 Å². The lowest BCUT2D eigenvalue weighted by Crippen LogP contribution is -2.53. The minimum Gasteiger partial charge on any atom is -0.318 e. The Hall–Kier alpha value is -1.42. The van der Waals surface area contributed by atoms with Gasteiger partial charge in [0.05, 0.1) is 5.92 Å². The third kappa shape index (κ3) is 1.93. The molecule has 0 radical (unpaired) electrons. The SMILES string of the molecule is Cc1ccccc1N1C[C@@H](C)C(=O)NC1=S. The molecule has 1 aliphatic heterocycles. The van der Waals surface area contributed by atoms with E-state index in [0.29, 0.717) is 11.7 Å². The predicted octanol–water partition coefficient (Wildman–Crippen LogP) is 1.85. The van der Waals surface area contributed by atoms with Crippen molar-refractivity contribution in [3.63, 3.8) is 0 Å². The average Bonchev–Trinajstić information content (AvgIpc) is 2.25. The summed E-state index contributed by atoms with van der Waals surface area (Å²) in [5.41, 5.74) is 2.23. The van der Waals surface area contributed by atoms with E-state index in [4.69, 9.17) is 12.2 Å². The van der Waals surface area contributed by atoms with E-state index < -0.39 is 0 Å². The highest BCUT2D eigenvalue weighted by Gasteiger charge is 2.27. The van der Waals surface area contributed by atoms with Crippen molar-refractivity contribution < 1.29 is 4.79 Å². The maximum atomic E-state index is 11.4. The molecule has 0 spiro atoms. The maximum absolute atomic E-state index is 11.4. The van der Waals surface area contributed by atoms with Crippen molar-refractivity contribution in [2.75, 3.05) is 11.4 Å². The lowest BCUT2D eigenvalue weighted by molar-refractivity contribution is -0.123. The van der Waals surface area contributed by atoms with Crippen molar-refractivity contribution in [2.45, 2.75) is 13.8 Å². The first kappa shape index (κ1) is 11.1. The number of carbonyl (C=O) groups excluding carboxylic acids is 1. The van der Waals surface area contributed by atoms with E-state index in [1.54, 1.807) is 0 Å². The summed E-state index contributed by atoms with van der Waals surface area (Å²) < 4.78 is 0. The zero-order valence-electron chi connectivity index (χ0n) is 9.36. The molecule has 1 aromatic rings. The predicted molar refractivity (Wildman–Crippen MR) is 68.4 cm³/mol. The summed E-state index contributed by atoms with van der Waals surface area (Å²) in [6.45, 7) is 4.59. The summed E-state index contributed by atoms with van der Waals surface area (Å²) in [7, 11) is 0. The molecule has 0 unspecified atom stereocenters. The number of nitrogens with one attached hydrogen (secondary N) is 1. The second kappa shape index (κ2) is 4.22. The molecule has 84 valence electrons. The van der Waals surface area contributed by atoms with Gasteiger partial charge in [-0.15, -0.1) is 0 Å². The molecule has 0 bridgehead atoms. The molecule has 1 amide bonds. The zero-order chi connectivity index (χ0) is 11.7. The van der Waals surface area contributed by atoms with E-state index in [1.165, 1.54) is 0 Å². The highest BCUT2D eigenvalue weighted by molar-refractivity contribution is 7.80. The van der Waals surface area contributed by atoms with E-state index in [9.17, 15) is 4.79 Å². The van der Waals surface area contributed by atoms with Crippen LogP contribution >= 0.6 is 12.2 Å². The minimum absolute atomic E-state index is 0.00911. The Balaban J connectivity index is 2.31. The first-order valence-corrected chi connectivity index (χ1v) is 5.68. The summed E-state index contributed by atoms with van der Waals surface area (Å²) in [6.07, 6.45) is 0. The number of benzene rings is 1. The molecular formula is C12H14N2OS. The van der Waals surface area contributed by atoms with Crippen molar-refractivity contribution in [2.24, 2.45) is 5.92 Å². The van der Waals surface area contributed by atoms with Crippen LogP contribution in [0.25, 0.3) is 0 Å². The second-order valence-electron chi connectivity index (χ2n) is 4.09. The number of aryl methyl sites for hydroxylation is 1. The fourth-order valence-corrected chi connectivity index (χ4v) is 2.08. The monoisotopic (exact) mass is 234 g/mol. The number of nitrogens with zero attached hydrogens (tertiary/aromatic N) is 1. The molecule has 16 heavy (non-hydrogen) atoms. The Bertz CT molecular complexity index is 444. The van der Waals surface area contributed by atoms with Gasteiger partial charge in [-0.25, -0.2) is 0 Å². The van der Waals surface area contributed by atoms with E-state index in [-0.39, 0.29) is 11.8 Å². The number of para-hydroxylation sites is 1. The summed E-state index contributed by atoms with van der Waals surface area (Å²) in [5.74, 6) is -0.0267. The summed E-state index contributed by atoms with van der Waals surface area (Å²) in [5, 5.41) is 3.22. The molecule has 4 heteroatoms. The van der Waals surface area contributed by atoms with Crippen LogP contribution in [0, 0.1) is 12.8 Å². The molecule has 0 aromatic heterocycles. The molecule has 1 N–H and O–H groups in total. The molecule has 1 atom stereocenters. The number of anilines is 1. The van der Waals surface area contributed by atoms with Gasteiger partial charge < -0.3 is 10.2 Å². The smallest absolute Gasteiger partial charge is 0.230 e. The fraction of sp³-hybridized carbons (Fsp3) is 0.333. The molecule has 2 rings (SSSR count). The van der Waals surface area contributed by atoms with Gasteiger partial charge in [0.15, 0.2) is 5.11 Å². The highest BCUT2D eigenvalue weighted by atomic mass is 32.1. The second-order valence-corrected chi connectivity index (χ2v) is 4.48. The summed E-state index contributed by atoms with van der Waals surface area (Å²) in [4.78, 5) is 13.4. The molecule has 1 heterocycles. The van der Waals surface area contributed by atoms with Crippen LogP contribution in [0.3, 0.4) is 0 Å². The van der Waals surface area contributed by atoms with Crippen LogP contribution in [-0.2, 0) is 4.79 Å². The molecule has 3 nitrogen and oxygen atoms in total. The van der Waals surface area contributed by atoms with Crippen molar-refractivity contribution >= 4 is 28.9 Å². The largest absolute Gasteiger partial charge is 0.318 e. The molecular weight excluding hydrogens is 220 g/mol. The first-order chi connectivity index (χ1) is 7.59. The molecule has 1 aromatic carbocycles. The van der Waals surface area contributed by atoms with Gasteiger partial charge in [0.1, 0.15) is 0 Å². The van der Waals surface area contributed by atoms with Crippen molar-refractivity contribution in [1.82, 2.24) is 5.32 Å². The summed E-state index contributed by atoms with van der Waals surface area (Å²) in [6, 6.07) is 8.03. The van der Waals surface area contributed by atoms with Gasteiger partial charge in [0.2, 0.25) is 5.91 Å². The third-order valence-corrected chi connectivity index (χ3v) is 3.11. The number of rotatable bonds is 1. The third-order valence-electron chi connectivity index (χ3n) is 2.79. The van der Waals surface area contributed by atoms with Crippen LogP contribution in [0.1, 0.15) is 12.5 Å². The highest BCUT2D eigenvalue weighted by Crippen LogP contribution is 2.22. The van der Waals surface area contributed by atoms with Crippen LogP contribution in [0.15, 0.2) is 24.3 Å². The van der Waals surface area contributed by atoms with Gasteiger partial charge in [0.25, 0.3) is 0 Å². The number of amides is 1. The Morgan fingerprint density at radius 1 is 1.44 bits per heavy atom. The average molecular weight is 234 g/mol. The van der Waals surface area contributed by atoms with E-state index in [1.807, 2.05) is 43.0 Å². The van der Waals surface area contributed by atoms with Gasteiger partial charge in [-0.3, -0.25) is 4.79 Å². The zero-order valence-corrected chi connectivity index (χ0v) is 10.2. The standard InChI is InChI=1S/C12H14N2OS/c1-8-5-3-4-6-10(8)14-7-9(2)11(15)13-12(14)16/h3-6,9H,7H2,1-2H3,(H,13,15,16)/t9-/m1/s1. The Labute approximate surface area is 100 Å². The quantitative estimate of drug-likeness (QED) is 0.753. The molecule has 1 fully saturated rings. The van der Waals surface area contributed by atoms with Gasteiger partial charge in [0, 0.05) is 12.2 Å². The fourth-order valence-electron chi connectivity index (χ4n) is 1.81. The van der Waals surface area contributed by atoms with E-state index in [0.717, 1.165) is 11.3 Å². The number of thiocarbonyl (C=S) groups is 1. The topological polar surface area (TPSA) is 32.3 Å².